The molecule has 0 radical (unpaired) electrons. The molecule has 0 fully saturated rings. The Kier molecular flexibility index (Phi) is 7.39. The summed E-state index contributed by atoms with van der Waals surface area (Å²) in [6.45, 7) is 0. The van der Waals surface area contributed by atoms with Gasteiger partial charge in [0.2, 0.25) is 0 Å². The van der Waals surface area contributed by atoms with Crippen molar-refractivity contribution in [2.75, 3.05) is 0 Å². The molecule has 13 rings (SSSR count). The summed E-state index contributed by atoms with van der Waals surface area (Å²) in [7, 11) is 0. The first kappa shape index (κ1) is 33.7. The molecule has 0 saturated carbocycles. The average Bonchev–Trinajstić information content (AvgIpc) is 3.86. The molecule has 0 aliphatic carbocycles. The van der Waals surface area contributed by atoms with Crippen molar-refractivity contribution in [3.8, 4) is 39.1 Å². The first-order chi connectivity index (χ1) is 29.8. The van der Waals surface area contributed by atoms with Crippen molar-refractivity contribution in [3.05, 3.63) is 212 Å². The summed E-state index contributed by atoms with van der Waals surface area (Å²) in [5.74, 6) is 0. The van der Waals surface area contributed by atoms with Crippen molar-refractivity contribution < 1.29 is 0 Å². The van der Waals surface area contributed by atoms with Crippen LogP contribution in [-0.2, 0) is 0 Å². The Bertz CT molecular complexity index is 3720. The molecule has 0 atom stereocenters. The first-order valence-electron chi connectivity index (χ1n) is 20.7. The molecule has 0 aliphatic heterocycles. The second kappa shape index (κ2) is 13.1. The van der Waals surface area contributed by atoms with Gasteiger partial charge in [-0.3, -0.25) is 0 Å². The van der Waals surface area contributed by atoms with E-state index in [1.54, 1.807) is 0 Å². The summed E-state index contributed by atoms with van der Waals surface area (Å²) >= 11 is 0.0978. The van der Waals surface area contributed by atoms with Gasteiger partial charge in [-0.1, -0.05) is 0 Å². The number of hydrogen-bond donors (Lipinski definition) is 0. The quantitative estimate of drug-likeness (QED) is 0.123. The molecule has 2 heteroatoms. The molecule has 60 heavy (non-hydrogen) atoms. The van der Waals surface area contributed by atoms with Crippen molar-refractivity contribution in [3.63, 3.8) is 0 Å². The molecule has 2 heterocycles. The van der Waals surface area contributed by atoms with Crippen LogP contribution in [0.1, 0.15) is 0 Å². The van der Waals surface area contributed by atoms with Crippen LogP contribution in [0.3, 0.4) is 0 Å². The molecule has 11 aromatic carbocycles. The minimum atomic E-state index is 0.0978. The zero-order valence-corrected chi connectivity index (χ0v) is 34.3. The van der Waals surface area contributed by atoms with E-state index >= 15 is 0 Å². The number of rotatable bonds is 4. The van der Waals surface area contributed by atoms with Gasteiger partial charge >= 0.3 is 355 Å². The number of para-hydroxylation sites is 2. The third-order valence-electron chi connectivity index (χ3n) is 12.8. The van der Waals surface area contributed by atoms with E-state index in [2.05, 4.69) is 217 Å². The van der Waals surface area contributed by atoms with Crippen LogP contribution in [0.15, 0.2) is 212 Å². The molecular weight excluding hydrogens is 790 g/mol. The second-order valence-electron chi connectivity index (χ2n) is 15.9. The molecule has 0 bridgehead atoms. The van der Waals surface area contributed by atoms with Crippen LogP contribution in [0.4, 0.5) is 0 Å². The molecule has 0 spiro atoms. The SMILES string of the molecule is c1ccc(-c2c3ccccc3c(-c3ccc4c(c3)[se]c3c(-c5c6ccccc6c(-n6c7ccccc7c7ccccc76)c6ccccc56)cccc34)c3ccccc23)cc1. The van der Waals surface area contributed by atoms with Gasteiger partial charge in [-0.15, -0.1) is 0 Å². The Morgan fingerprint density at radius 2 is 0.717 bits per heavy atom. The van der Waals surface area contributed by atoms with Crippen molar-refractivity contribution in [1.82, 2.24) is 4.57 Å². The van der Waals surface area contributed by atoms with E-state index in [1.165, 1.54) is 123 Å². The van der Waals surface area contributed by atoms with Crippen LogP contribution >= 0.6 is 0 Å². The van der Waals surface area contributed by atoms with Gasteiger partial charge < -0.3 is 0 Å². The molecule has 278 valence electrons. The minimum absolute atomic E-state index is 0.0978. The molecule has 0 N–H and O–H groups in total. The van der Waals surface area contributed by atoms with E-state index in [4.69, 9.17) is 0 Å². The monoisotopic (exact) mass is 825 g/mol. The molecule has 13 aromatic rings. The summed E-state index contributed by atoms with van der Waals surface area (Å²) in [6, 6.07) is 79.0. The summed E-state index contributed by atoms with van der Waals surface area (Å²) < 4.78 is 5.42. The Hall–Kier alpha value is -7.22. The Balaban J connectivity index is 1.07. The first-order valence-corrected chi connectivity index (χ1v) is 22.4. The summed E-state index contributed by atoms with van der Waals surface area (Å²) in [4.78, 5) is 0. The molecule has 0 unspecified atom stereocenters. The fourth-order valence-electron chi connectivity index (χ4n) is 10.3. The molecule has 2 aromatic heterocycles. The number of fused-ring (bicyclic) bond motifs is 10. The second-order valence-corrected chi connectivity index (χ2v) is 18.1. The predicted molar refractivity (Wildman–Crippen MR) is 259 cm³/mol. The number of hydrogen-bond acceptors (Lipinski definition) is 0. The van der Waals surface area contributed by atoms with E-state index < -0.39 is 0 Å². The van der Waals surface area contributed by atoms with Crippen LogP contribution in [0.25, 0.3) is 123 Å². The molecule has 0 aliphatic rings. The van der Waals surface area contributed by atoms with Gasteiger partial charge in [0.1, 0.15) is 0 Å². The number of aromatic nitrogens is 1. The van der Waals surface area contributed by atoms with Crippen molar-refractivity contribution in [1.29, 1.82) is 0 Å². The van der Waals surface area contributed by atoms with Crippen LogP contribution in [0.2, 0.25) is 0 Å². The van der Waals surface area contributed by atoms with Gasteiger partial charge in [0.15, 0.2) is 0 Å². The predicted octanol–water partition coefficient (Wildman–Crippen LogP) is 15.8. The van der Waals surface area contributed by atoms with Gasteiger partial charge in [-0.25, -0.2) is 0 Å². The summed E-state index contributed by atoms with van der Waals surface area (Å²) in [5.41, 5.74) is 11.5. The molecule has 0 amide bonds. The fourth-order valence-corrected chi connectivity index (χ4v) is 13.0. The van der Waals surface area contributed by atoms with Crippen LogP contribution < -0.4 is 0 Å². The van der Waals surface area contributed by atoms with Gasteiger partial charge in [-0.05, 0) is 0 Å². The Morgan fingerprint density at radius 3 is 1.27 bits per heavy atom. The van der Waals surface area contributed by atoms with E-state index in [9.17, 15) is 0 Å². The van der Waals surface area contributed by atoms with Gasteiger partial charge in [0.25, 0.3) is 0 Å². The average molecular weight is 825 g/mol. The zero-order chi connectivity index (χ0) is 39.3. The van der Waals surface area contributed by atoms with Crippen molar-refractivity contribution in [2.45, 2.75) is 0 Å². The van der Waals surface area contributed by atoms with E-state index in [0.29, 0.717) is 0 Å². The number of nitrogens with zero attached hydrogens (tertiary/aromatic N) is 1. The van der Waals surface area contributed by atoms with Crippen LogP contribution in [0.5, 0.6) is 0 Å². The molecule has 0 saturated heterocycles. The standard InChI is InChI=1S/C58H35NSe/c1-2-17-36(18-3-1)54-41-21-4-6-23-43(41)55(44-24-7-5-22-42(44)54)37-33-34-40-49-29-16-30-50(58(49)60-53(40)35-37)56-45-25-8-10-27-47(45)57(48-28-11-9-26-46(48)56)59-51-31-14-12-19-38(51)39-20-13-15-32-52(39)59/h1-35H. The zero-order valence-electron chi connectivity index (χ0n) is 32.6. The summed E-state index contributed by atoms with van der Waals surface area (Å²) in [5, 5.41) is 15.5. The Morgan fingerprint density at radius 1 is 0.283 bits per heavy atom. The van der Waals surface area contributed by atoms with E-state index in [-0.39, 0.29) is 14.5 Å². The third kappa shape index (κ3) is 4.81. The van der Waals surface area contributed by atoms with Crippen molar-refractivity contribution >= 4 is 98.7 Å². The normalized spacial score (nSPS) is 12.0. The van der Waals surface area contributed by atoms with Gasteiger partial charge in [0, 0.05) is 0 Å². The Labute approximate surface area is 352 Å². The summed E-state index contributed by atoms with van der Waals surface area (Å²) in [6.07, 6.45) is 0. The van der Waals surface area contributed by atoms with Crippen LogP contribution in [-0.4, -0.2) is 19.1 Å². The third-order valence-corrected chi connectivity index (χ3v) is 15.3. The van der Waals surface area contributed by atoms with Crippen LogP contribution in [0, 0.1) is 0 Å². The fraction of sp³-hybridized carbons (Fsp3) is 0. The maximum atomic E-state index is 2.51. The maximum absolute atomic E-state index is 2.51. The van der Waals surface area contributed by atoms with E-state index in [0.717, 1.165) is 0 Å². The molecular formula is C58H35NSe. The molecule has 1 nitrogen and oxygen atoms in total. The topological polar surface area (TPSA) is 4.93 Å². The number of benzene rings is 11. The van der Waals surface area contributed by atoms with E-state index in [1.807, 2.05) is 0 Å². The van der Waals surface area contributed by atoms with Gasteiger partial charge in [0.05, 0.1) is 0 Å². The van der Waals surface area contributed by atoms with Crippen molar-refractivity contribution in [2.24, 2.45) is 0 Å². The van der Waals surface area contributed by atoms with Gasteiger partial charge in [-0.2, -0.15) is 0 Å².